The standard InChI is InChI=1S/C24H15Br2Cl2NO3S2/c1-31-20-9-13(8-17(26)22(20)32-12-14-4-2-3-5-18(14)27)10-21-23(30)29(24(33)34-21)15-6-7-16(25)19(28)11-15/h2-11H,12H2,1H3/b21-10+. The largest absolute Gasteiger partial charge is 0.493 e. The molecule has 0 aliphatic carbocycles. The summed E-state index contributed by atoms with van der Waals surface area (Å²) in [4.78, 5) is 15.1. The van der Waals surface area contributed by atoms with Crippen molar-refractivity contribution in [2.45, 2.75) is 6.61 Å². The molecule has 1 aliphatic heterocycles. The molecule has 174 valence electrons. The third-order valence-electron chi connectivity index (χ3n) is 4.83. The first-order valence-corrected chi connectivity index (χ1v) is 13.3. The first-order valence-electron chi connectivity index (χ1n) is 9.75. The summed E-state index contributed by atoms with van der Waals surface area (Å²) < 4.78 is 13.4. The Balaban J connectivity index is 1.59. The fourth-order valence-electron chi connectivity index (χ4n) is 3.19. The summed E-state index contributed by atoms with van der Waals surface area (Å²) in [5.41, 5.74) is 2.23. The number of hydrogen-bond donors (Lipinski definition) is 0. The molecule has 0 spiro atoms. The van der Waals surface area contributed by atoms with Crippen LogP contribution in [0.5, 0.6) is 11.5 Å². The molecule has 0 atom stereocenters. The van der Waals surface area contributed by atoms with Crippen LogP contribution in [0.1, 0.15) is 11.1 Å². The molecule has 0 radical (unpaired) electrons. The Kier molecular flexibility index (Phi) is 8.28. The summed E-state index contributed by atoms with van der Waals surface area (Å²) in [6, 6.07) is 16.4. The molecule has 34 heavy (non-hydrogen) atoms. The van der Waals surface area contributed by atoms with Crippen LogP contribution in [0.2, 0.25) is 10.0 Å². The van der Waals surface area contributed by atoms with E-state index >= 15 is 0 Å². The average molecular weight is 660 g/mol. The van der Waals surface area contributed by atoms with Crippen LogP contribution in [-0.2, 0) is 11.4 Å². The van der Waals surface area contributed by atoms with Crippen molar-refractivity contribution < 1.29 is 14.3 Å². The highest BCUT2D eigenvalue weighted by molar-refractivity contribution is 9.10. The molecule has 4 rings (SSSR count). The number of ether oxygens (including phenoxy) is 2. The minimum absolute atomic E-state index is 0.220. The molecule has 0 bridgehead atoms. The highest BCUT2D eigenvalue weighted by Gasteiger charge is 2.33. The lowest BCUT2D eigenvalue weighted by Gasteiger charge is -2.15. The lowest BCUT2D eigenvalue weighted by atomic mass is 10.1. The zero-order chi connectivity index (χ0) is 24.4. The quantitative estimate of drug-likeness (QED) is 0.196. The van der Waals surface area contributed by atoms with Crippen molar-refractivity contribution in [3.63, 3.8) is 0 Å². The fourth-order valence-corrected chi connectivity index (χ4v) is 5.68. The van der Waals surface area contributed by atoms with Crippen molar-refractivity contribution in [1.82, 2.24) is 0 Å². The Morgan fingerprint density at radius 1 is 1.06 bits per heavy atom. The van der Waals surface area contributed by atoms with Gasteiger partial charge in [0, 0.05) is 15.1 Å². The van der Waals surface area contributed by atoms with Crippen LogP contribution in [0.4, 0.5) is 5.69 Å². The highest BCUT2D eigenvalue weighted by atomic mass is 79.9. The topological polar surface area (TPSA) is 38.8 Å². The number of amides is 1. The smallest absolute Gasteiger partial charge is 0.270 e. The van der Waals surface area contributed by atoms with Gasteiger partial charge in [0.25, 0.3) is 5.91 Å². The van der Waals surface area contributed by atoms with Gasteiger partial charge >= 0.3 is 0 Å². The number of carbonyl (C=O) groups is 1. The predicted molar refractivity (Wildman–Crippen MR) is 151 cm³/mol. The van der Waals surface area contributed by atoms with Gasteiger partial charge in [-0.3, -0.25) is 9.69 Å². The minimum atomic E-state index is -0.220. The normalized spacial score (nSPS) is 14.7. The van der Waals surface area contributed by atoms with Crippen molar-refractivity contribution in [3.8, 4) is 11.5 Å². The van der Waals surface area contributed by atoms with Gasteiger partial charge in [0.2, 0.25) is 0 Å². The highest BCUT2D eigenvalue weighted by Crippen LogP contribution is 2.41. The molecular weight excluding hydrogens is 645 g/mol. The van der Waals surface area contributed by atoms with Gasteiger partial charge in [0.1, 0.15) is 6.61 Å². The van der Waals surface area contributed by atoms with Crippen molar-refractivity contribution >= 4 is 101 Å². The summed E-state index contributed by atoms with van der Waals surface area (Å²) in [6.07, 6.45) is 1.77. The molecule has 1 amide bonds. The molecular formula is C24H15Br2Cl2NO3S2. The van der Waals surface area contributed by atoms with Gasteiger partial charge in [-0.25, -0.2) is 0 Å². The maximum atomic E-state index is 13.1. The van der Waals surface area contributed by atoms with E-state index in [0.29, 0.717) is 40.9 Å². The molecule has 1 saturated heterocycles. The summed E-state index contributed by atoms with van der Waals surface area (Å²) in [6.45, 7) is 0.280. The molecule has 1 aliphatic rings. The van der Waals surface area contributed by atoms with Crippen molar-refractivity contribution in [2.24, 2.45) is 0 Å². The first-order chi connectivity index (χ1) is 16.3. The van der Waals surface area contributed by atoms with Crippen LogP contribution in [0.15, 0.2) is 68.4 Å². The predicted octanol–water partition coefficient (Wildman–Crippen LogP) is 8.51. The lowest BCUT2D eigenvalue weighted by Crippen LogP contribution is -2.27. The number of carbonyl (C=O) groups excluding carboxylic acids is 1. The molecule has 0 saturated carbocycles. The number of nitrogens with zero attached hydrogens (tertiary/aromatic N) is 1. The number of benzene rings is 3. The van der Waals surface area contributed by atoms with E-state index in [9.17, 15) is 4.79 Å². The van der Waals surface area contributed by atoms with Crippen LogP contribution < -0.4 is 14.4 Å². The molecule has 10 heteroatoms. The second-order valence-electron chi connectivity index (χ2n) is 7.03. The van der Waals surface area contributed by atoms with Gasteiger partial charge in [-0.1, -0.05) is 65.4 Å². The van der Waals surface area contributed by atoms with Crippen molar-refractivity contribution in [2.75, 3.05) is 12.0 Å². The number of anilines is 1. The Morgan fingerprint density at radius 2 is 1.82 bits per heavy atom. The Bertz CT molecular complexity index is 1330. The van der Waals surface area contributed by atoms with Crippen LogP contribution >= 0.6 is 79.0 Å². The Morgan fingerprint density at radius 3 is 2.53 bits per heavy atom. The molecule has 3 aromatic carbocycles. The third kappa shape index (κ3) is 5.48. The first kappa shape index (κ1) is 25.5. The summed E-state index contributed by atoms with van der Waals surface area (Å²) in [7, 11) is 1.56. The van der Waals surface area contributed by atoms with E-state index < -0.39 is 0 Å². The minimum Gasteiger partial charge on any atom is -0.493 e. The van der Waals surface area contributed by atoms with E-state index in [2.05, 4.69) is 31.9 Å². The van der Waals surface area contributed by atoms with E-state index in [4.69, 9.17) is 44.9 Å². The van der Waals surface area contributed by atoms with Gasteiger partial charge in [-0.15, -0.1) is 0 Å². The molecule has 0 N–H and O–H groups in total. The molecule has 4 nitrogen and oxygen atoms in total. The van der Waals surface area contributed by atoms with Gasteiger partial charge in [-0.2, -0.15) is 0 Å². The van der Waals surface area contributed by atoms with Gasteiger partial charge in [0.05, 0.1) is 27.2 Å². The third-order valence-corrected chi connectivity index (χ3v) is 8.33. The number of rotatable bonds is 6. The van der Waals surface area contributed by atoms with E-state index in [1.165, 1.54) is 16.7 Å². The number of halogens is 4. The molecule has 3 aromatic rings. The lowest BCUT2D eigenvalue weighted by molar-refractivity contribution is -0.113. The number of methoxy groups -OCH3 is 1. The molecule has 0 aromatic heterocycles. The summed E-state index contributed by atoms with van der Waals surface area (Å²) in [5.74, 6) is 0.835. The van der Waals surface area contributed by atoms with E-state index in [1.807, 2.05) is 30.3 Å². The number of thioether (sulfide) groups is 1. The van der Waals surface area contributed by atoms with E-state index in [-0.39, 0.29) is 12.5 Å². The van der Waals surface area contributed by atoms with Gasteiger partial charge < -0.3 is 9.47 Å². The molecule has 1 heterocycles. The maximum Gasteiger partial charge on any atom is 0.270 e. The molecule has 1 fully saturated rings. The number of thiocarbonyl (C=S) groups is 1. The van der Waals surface area contributed by atoms with Crippen molar-refractivity contribution in [3.05, 3.63) is 89.6 Å². The van der Waals surface area contributed by atoms with E-state index in [0.717, 1.165) is 15.6 Å². The van der Waals surface area contributed by atoms with Gasteiger partial charge in [0.15, 0.2) is 15.8 Å². The summed E-state index contributed by atoms with van der Waals surface area (Å²) in [5, 5.41) is 1.12. The fraction of sp³-hybridized carbons (Fsp3) is 0.0833. The Hall–Kier alpha value is -1.55. The second kappa shape index (κ2) is 11.0. The molecule has 0 unspecified atom stereocenters. The monoisotopic (exact) mass is 657 g/mol. The van der Waals surface area contributed by atoms with Crippen molar-refractivity contribution in [1.29, 1.82) is 0 Å². The zero-order valence-corrected chi connectivity index (χ0v) is 23.8. The van der Waals surface area contributed by atoms with Crippen LogP contribution in [0, 0.1) is 0 Å². The van der Waals surface area contributed by atoms with E-state index in [1.54, 1.807) is 37.5 Å². The zero-order valence-electron chi connectivity index (χ0n) is 17.5. The number of hydrogen-bond acceptors (Lipinski definition) is 5. The van der Waals surface area contributed by atoms with Crippen LogP contribution in [0.3, 0.4) is 0 Å². The maximum absolute atomic E-state index is 13.1. The van der Waals surface area contributed by atoms with Gasteiger partial charge in [-0.05, 0) is 79.9 Å². The average Bonchev–Trinajstić information content (AvgIpc) is 3.08. The van der Waals surface area contributed by atoms with Crippen LogP contribution in [-0.4, -0.2) is 17.3 Å². The second-order valence-corrected chi connectivity index (χ2v) is 11.2. The SMILES string of the molecule is COc1cc(/C=C2/SC(=S)N(c3ccc(Br)c(Cl)c3)C2=O)cc(Br)c1OCc1ccccc1Cl. The van der Waals surface area contributed by atoms with Crippen LogP contribution in [0.25, 0.3) is 6.08 Å². The summed E-state index contributed by atoms with van der Waals surface area (Å²) >= 11 is 26.0. The Labute approximate surface area is 233 Å².